The van der Waals surface area contributed by atoms with Crippen LogP contribution in [0.5, 0.6) is 11.5 Å². The van der Waals surface area contributed by atoms with Gasteiger partial charge in [-0.1, -0.05) is 6.92 Å². The minimum atomic E-state index is 0.00316. The number of ether oxygens (including phenoxy) is 3. The van der Waals surface area contributed by atoms with E-state index in [1.54, 1.807) is 24.3 Å². The third-order valence-corrected chi connectivity index (χ3v) is 3.28. The van der Waals surface area contributed by atoms with E-state index in [9.17, 15) is 0 Å². The molecule has 2 aliphatic rings. The number of aliphatic hydroxyl groups excluding tert-OH is 1. The SMILES string of the molecule is CC1C(COc2ccc(O)cc2)OC2OC21.NCCO. The van der Waals surface area contributed by atoms with Gasteiger partial charge < -0.3 is 30.2 Å². The lowest BCUT2D eigenvalue weighted by Gasteiger charge is -2.17. The largest absolute Gasteiger partial charge is 0.508 e. The number of epoxide rings is 1. The van der Waals surface area contributed by atoms with E-state index in [2.05, 4.69) is 6.92 Å². The van der Waals surface area contributed by atoms with Gasteiger partial charge in [-0.15, -0.1) is 0 Å². The molecule has 1 aromatic carbocycles. The Balaban J connectivity index is 0.000000328. The molecule has 4 N–H and O–H groups in total. The predicted molar refractivity (Wildman–Crippen MR) is 72.4 cm³/mol. The van der Waals surface area contributed by atoms with Crippen LogP contribution in [0.2, 0.25) is 0 Å². The minimum Gasteiger partial charge on any atom is -0.508 e. The lowest BCUT2D eigenvalue weighted by atomic mass is 10.0. The Morgan fingerprint density at radius 2 is 1.90 bits per heavy atom. The molecule has 0 saturated carbocycles. The first-order chi connectivity index (χ1) is 9.65. The Bertz CT molecular complexity index is 409. The summed E-state index contributed by atoms with van der Waals surface area (Å²) in [7, 11) is 0. The molecule has 0 aliphatic carbocycles. The number of fused-ring (bicyclic) bond motifs is 1. The van der Waals surface area contributed by atoms with Crippen LogP contribution in [0.25, 0.3) is 0 Å². The van der Waals surface area contributed by atoms with Crippen molar-refractivity contribution in [1.82, 2.24) is 0 Å². The highest BCUT2D eigenvalue weighted by atomic mass is 16.8. The third kappa shape index (κ3) is 3.83. The van der Waals surface area contributed by atoms with Crippen molar-refractivity contribution in [1.29, 1.82) is 0 Å². The molecule has 2 fully saturated rings. The van der Waals surface area contributed by atoms with Crippen molar-refractivity contribution in [2.75, 3.05) is 19.8 Å². The first kappa shape index (κ1) is 15.1. The zero-order chi connectivity index (χ0) is 14.5. The maximum absolute atomic E-state index is 9.12. The fraction of sp³-hybridized carbons (Fsp3) is 0.571. The number of nitrogens with two attached hydrogens (primary N) is 1. The van der Waals surface area contributed by atoms with Crippen LogP contribution in [0.15, 0.2) is 24.3 Å². The highest BCUT2D eigenvalue weighted by molar-refractivity contribution is 5.30. The van der Waals surface area contributed by atoms with Gasteiger partial charge in [0.15, 0.2) is 6.29 Å². The Labute approximate surface area is 118 Å². The zero-order valence-electron chi connectivity index (χ0n) is 11.4. The summed E-state index contributed by atoms with van der Waals surface area (Å²) >= 11 is 0. The number of hydrogen-bond donors (Lipinski definition) is 3. The van der Waals surface area contributed by atoms with Gasteiger partial charge in [0.05, 0.1) is 12.7 Å². The van der Waals surface area contributed by atoms with Crippen LogP contribution in [-0.4, -0.2) is 48.5 Å². The minimum absolute atomic E-state index is 0.00316. The Morgan fingerprint density at radius 3 is 2.40 bits per heavy atom. The first-order valence-electron chi connectivity index (χ1n) is 6.69. The topological polar surface area (TPSA) is 97.5 Å². The van der Waals surface area contributed by atoms with Gasteiger partial charge in [0.2, 0.25) is 0 Å². The Hall–Kier alpha value is -1.34. The smallest absolute Gasteiger partial charge is 0.185 e. The average Bonchev–Trinajstić information content (AvgIpc) is 3.17. The number of benzene rings is 1. The van der Waals surface area contributed by atoms with Crippen LogP contribution in [0.4, 0.5) is 0 Å². The van der Waals surface area contributed by atoms with Gasteiger partial charge in [-0.3, -0.25) is 0 Å². The van der Waals surface area contributed by atoms with E-state index in [0.717, 1.165) is 5.75 Å². The molecule has 2 saturated heterocycles. The number of phenols is 1. The van der Waals surface area contributed by atoms with E-state index >= 15 is 0 Å². The highest BCUT2D eigenvalue weighted by Crippen LogP contribution is 2.41. The lowest BCUT2D eigenvalue weighted by molar-refractivity contribution is -0.0512. The molecule has 4 atom stereocenters. The van der Waals surface area contributed by atoms with Gasteiger partial charge in [0, 0.05) is 12.5 Å². The second-order valence-electron chi connectivity index (χ2n) is 4.82. The summed E-state index contributed by atoms with van der Waals surface area (Å²) in [6.07, 6.45) is 0.384. The van der Waals surface area contributed by atoms with Crippen molar-refractivity contribution in [2.24, 2.45) is 11.7 Å². The lowest BCUT2D eigenvalue weighted by Crippen LogP contribution is -2.26. The average molecular weight is 283 g/mol. The number of hydrogen-bond acceptors (Lipinski definition) is 6. The van der Waals surface area contributed by atoms with Crippen LogP contribution in [0.3, 0.4) is 0 Å². The van der Waals surface area contributed by atoms with Gasteiger partial charge in [-0.05, 0) is 24.3 Å². The summed E-state index contributed by atoms with van der Waals surface area (Å²) in [6, 6.07) is 6.70. The molecule has 3 rings (SSSR count). The zero-order valence-corrected chi connectivity index (χ0v) is 11.4. The van der Waals surface area contributed by atoms with Gasteiger partial charge in [0.1, 0.15) is 24.2 Å². The van der Waals surface area contributed by atoms with Gasteiger partial charge in [0.25, 0.3) is 0 Å². The Kier molecular flexibility index (Phi) is 5.19. The fourth-order valence-corrected chi connectivity index (χ4v) is 2.01. The molecular formula is C14H21NO5. The molecule has 0 bridgehead atoms. The highest BCUT2D eigenvalue weighted by Gasteiger charge is 2.55. The summed E-state index contributed by atoms with van der Waals surface area (Å²) in [5, 5.41) is 16.9. The summed E-state index contributed by atoms with van der Waals surface area (Å²) in [5.74, 6) is 1.38. The number of aliphatic hydroxyl groups is 1. The predicted octanol–water partition coefficient (Wildman–Crippen LogP) is 0.468. The molecule has 6 heteroatoms. The summed E-state index contributed by atoms with van der Waals surface area (Å²) in [5.41, 5.74) is 4.78. The van der Waals surface area contributed by atoms with Crippen molar-refractivity contribution < 1.29 is 24.4 Å². The van der Waals surface area contributed by atoms with E-state index in [1.807, 2.05) is 0 Å². The maximum atomic E-state index is 9.12. The number of aromatic hydroxyl groups is 1. The van der Waals surface area contributed by atoms with E-state index in [0.29, 0.717) is 19.1 Å². The van der Waals surface area contributed by atoms with Gasteiger partial charge in [-0.2, -0.15) is 0 Å². The molecule has 0 spiro atoms. The Morgan fingerprint density at radius 1 is 1.25 bits per heavy atom. The molecule has 112 valence electrons. The molecule has 2 heterocycles. The third-order valence-electron chi connectivity index (χ3n) is 3.28. The number of rotatable bonds is 4. The molecule has 6 nitrogen and oxygen atoms in total. The van der Waals surface area contributed by atoms with Gasteiger partial charge in [-0.25, -0.2) is 0 Å². The van der Waals surface area contributed by atoms with Crippen LogP contribution < -0.4 is 10.5 Å². The maximum Gasteiger partial charge on any atom is 0.185 e. The fourth-order valence-electron chi connectivity index (χ4n) is 2.01. The van der Waals surface area contributed by atoms with E-state index in [-0.39, 0.29) is 30.9 Å². The van der Waals surface area contributed by atoms with E-state index in [1.165, 1.54) is 0 Å². The van der Waals surface area contributed by atoms with Crippen molar-refractivity contribution in [3.8, 4) is 11.5 Å². The van der Waals surface area contributed by atoms with Crippen LogP contribution in [-0.2, 0) is 9.47 Å². The standard InChI is InChI=1S/C12H14O4.C2H7NO/c1-7-10(15-12-11(7)16-12)6-14-9-4-2-8(13)3-5-9;3-1-2-4/h2-5,7,10-13H,6H2,1H3;4H,1-3H2. The molecule has 2 aliphatic heterocycles. The molecule has 0 amide bonds. The molecular weight excluding hydrogens is 262 g/mol. The second-order valence-corrected chi connectivity index (χ2v) is 4.82. The molecule has 0 aromatic heterocycles. The normalized spacial score (nSPS) is 30.1. The first-order valence-corrected chi connectivity index (χ1v) is 6.69. The second kappa shape index (κ2) is 6.90. The monoisotopic (exact) mass is 283 g/mol. The van der Waals surface area contributed by atoms with E-state index in [4.69, 9.17) is 30.2 Å². The van der Waals surface area contributed by atoms with Crippen LogP contribution in [0.1, 0.15) is 6.92 Å². The summed E-state index contributed by atoms with van der Waals surface area (Å²) in [6.45, 7) is 3.12. The molecule has 4 unspecified atom stereocenters. The quantitative estimate of drug-likeness (QED) is 0.695. The van der Waals surface area contributed by atoms with Crippen molar-refractivity contribution >= 4 is 0 Å². The summed E-state index contributed by atoms with van der Waals surface area (Å²) < 4.78 is 16.4. The van der Waals surface area contributed by atoms with Crippen molar-refractivity contribution in [3.05, 3.63) is 24.3 Å². The number of phenolic OH excluding ortho intramolecular Hbond substituents is 1. The van der Waals surface area contributed by atoms with Crippen molar-refractivity contribution in [2.45, 2.75) is 25.4 Å². The van der Waals surface area contributed by atoms with Crippen molar-refractivity contribution in [3.63, 3.8) is 0 Å². The molecule has 0 radical (unpaired) electrons. The summed E-state index contributed by atoms with van der Waals surface area (Å²) in [4.78, 5) is 0. The van der Waals surface area contributed by atoms with Crippen LogP contribution in [0, 0.1) is 5.92 Å². The van der Waals surface area contributed by atoms with Crippen LogP contribution >= 0.6 is 0 Å². The van der Waals surface area contributed by atoms with Gasteiger partial charge >= 0.3 is 0 Å². The molecule has 20 heavy (non-hydrogen) atoms. The molecule has 1 aromatic rings. The van der Waals surface area contributed by atoms with E-state index < -0.39 is 0 Å².